The molecule has 2 nitrogen and oxygen atoms in total. The predicted octanol–water partition coefficient (Wildman–Crippen LogP) is 2.62. The van der Waals surface area contributed by atoms with E-state index in [0.717, 1.165) is 32.1 Å². The Balaban J connectivity index is 1.98. The summed E-state index contributed by atoms with van der Waals surface area (Å²) in [5.41, 5.74) is 9.85. The second-order valence-electron chi connectivity index (χ2n) is 4.58. The molecule has 0 bridgehead atoms. The maximum absolute atomic E-state index is 5.87. The Morgan fingerprint density at radius 1 is 1.44 bits per heavy atom. The van der Waals surface area contributed by atoms with E-state index in [1.54, 1.807) is 0 Å². The molecule has 1 aromatic rings. The zero-order valence-electron chi connectivity index (χ0n) is 9.95. The van der Waals surface area contributed by atoms with E-state index in [-0.39, 0.29) is 0 Å². The van der Waals surface area contributed by atoms with Gasteiger partial charge in [0, 0.05) is 24.4 Å². The van der Waals surface area contributed by atoms with Gasteiger partial charge in [-0.1, -0.05) is 24.6 Å². The Bertz CT molecular complexity index is 365. The van der Waals surface area contributed by atoms with E-state index in [9.17, 15) is 0 Å². The molecule has 2 rings (SSSR count). The van der Waals surface area contributed by atoms with Crippen molar-refractivity contribution in [3.05, 3.63) is 41.2 Å². The molecular weight excluding hydrogens is 196 g/mol. The molecule has 0 radical (unpaired) electrons. The highest BCUT2D eigenvalue weighted by atomic mass is 14.7. The number of pyridine rings is 1. The number of aromatic nitrogens is 1. The summed E-state index contributed by atoms with van der Waals surface area (Å²) in [6, 6.07) is 4.70. The van der Waals surface area contributed by atoms with Crippen LogP contribution in [-0.2, 0) is 12.8 Å². The molecule has 1 heterocycles. The fraction of sp³-hybridized carbons (Fsp3) is 0.500. The normalized spacial score (nSPS) is 20.6. The second-order valence-corrected chi connectivity index (χ2v) is 4.58. The van der Waals surface area contributed by atoms with E-state index < -0.39 is 0 Å². The van der Waals surface area contributed by atoms with Crippen LogP contribution in [0.3, 0.4) is 0 Å². The van der Waals surface area contributed by atoms with E-state index in [0.29, 0.717) is 6.04 Å². The van der Waals surface area contributed by atoms with Crippen molar-refractivity contribution >= 4 is 0 Å². The molecule has 1 atom stereocenters. The molecule has 0 amide bonds. The Hall–Kier alpha value is -1.15. The van der Waals surface area contributed by atoms with Crippen molar-refractivity contribution in [2.24, 2.45) is 5.73 Å². The van der Waals surface area contributed by atoms with Gasteiger partial charge >= 0.3 is 0 Å². The van der Waals surface area contributed by atoms with Crippen LogP contribution in [-0.4, -0.2) is 11.0 Å². The molecule has 16 heavy (non-hydrogen) atoms. The molecule has 1 aliphatic carbocycles. The largest absolute Gasteiger partial charge is 0.327 e. The number of nitrogens with two attached hydrogens (primary N) is 1. The van der Waals surface area contributed by atoms with Gasteiger partial charge in [-0.2, -0.15) is 0 Å². The predicted molar refractivity (Wildman–Crippen MR) is 67.2 cm³/mol. The third-order valence-electron chi connectivity index (χ3n) is 3.25. The van der Waals surface area contributed by atoms with Crippen LogP contribution < -0.4 is 5.73 Å². The van der Waals surface area contributed by atoms with Crippen LogP contribution in [0.5, 0.6) is 0 Å². The number of hydrogen-bond acceptors (Lipinski definition) is 2. The maximum atomic E-state index is 5.87. The molecule has 0 spiro atoms. The van der Waals surface area contributed by atoms with Crippen molar-refractivity contribution in [2.45, 2.75) is 45.1 Å². The molecule has 0 aliphatic heterocycles. The molecule has 1 aromatic heterocycles. The first-order chi connectivity index (χ1) is 7.78. The van der Waals surface area contributed by atoms with Gasteiger partial charge in [-0.15, -0.1) is 0 Å². The lowest BCUT2D eigenvalue weighted by atomic mass is 9.93. The van der Waals surface area contributed by atoms with E-state index in [2.05, 4.69) is 30.1 Å². The lowest BCUT2D eigenvalue weighted by Gasteiger charge is -2.17. The highest BCUT2D eigenvalue weighted by Gasteiger charge is 2.10. The highest BCUT2D eigenvalue weighted by molar-refractivity contribution is 5.20. The molecule has 0 fully saturated rings. The van der Waals surface area contributed by atoms with Gasteiger partial charge in [-0.25, -0.2) is 0 Å². The molecule has 1 aliphatic rings. The minimum absolute atomic E-state index is 0.374. The number of nitrogens with zero attached hydrogens (tertiary/aromatic N) is 1. The van der Waals surface area contributed by atoms with Crippen LogP contribution in [0.2, 0.25) is 0 Å². The third-order valence-corrected chi connectivity index (χ3v) is 3.25. The molecule has 1 unspecified atom stereocenters. The molecule has 86 valence electrons. The van der Waals surface area contributed by atoms with E-state index in [1.807, 2.05) is 6.20 Å². The van der Waals surface area contributed by atoms with Crippen molar-refractivity contribution < 1.29 is 0 Å². The summed E-state index contributed by atoms with van der Waals surface area (Å²) in [4.78, 5) is 4.49. The summed E-state index contributed by atoms with van der Waals surface area (Å²) >= 11 is 0. The van der Waals surface area contributed by atoms with Gasteiger partial charge < -0.3 is 5.73 Å². The summed E-state index contributed by atoms with van der Waals surface area (Å²) in [6.45, 7) is 2.15. The summed E-state index contributed by atoms with van der Waals surface area (Å²) in [5, 5.41) is 0. The third kappa shape index (κ3) is 2.92. The average molecular weight is 216 g/mol. The summed E-state index contributed by atoms with van der Waals surface area (Å²) in [5.74, 6) is 0. The Labute approximate surface area is 97.6 Å². The number of aryl methyl sites for hydroxylation is 1. The Morgan fingerprint density at radius 3 is 2.88 bits per heavy atom. The van der Waals surface area contributed by atoms with Crippen LogP contribution in [0.25, 0.3) is 0 Å². The van der Waals surface area contributed by atoms with Crippen LogP contribution in [0, 0.1) is 0 Å². The molecule has 2 N–H and O–H groups in total. The van der Waals surface area contributed by atoms with Gasteiger partial charge in [-0.05, 0) is 37.3 Å². The zero-order valence-corrected chi connectivity index (χ0v) is 9.95. The lowest BCUT2D eigenvalue weighted by Crippen LogP contribution is -2.22. The van der Waals surface area contributed by atoms with E-state index in [1.165, 1.54) is 16.8 Å². The van der Waals surface area contributed by atoms with E-state index >= 15 is 0 Å². The first kappa shape index (κ1) is 11.3. The fourth-order valence-electron chi connectivity index (χ4n) is 2.07. The van der Waals surface area contributed by atoms with Crippen molar-refractivity contribution in [3.63, 3.8) is 0 Å². The fourth-order valence-corrected chi connectivity index (χ4v) is 2.07. The van der Waals surface area contributed by atoms with Gasteiger partial charge in [0.25, 0.3) is 0 Å². The minimum atomic E-state index is 0.374. The highest BCUT2D eigenvalue weighted by Crippen LogP contribution is 2.20. The zero-order chi connectivity index (χ0) is 11.4. The number of hydrogen-bond donors (Lipinski definition) is 1. The second kappa shape index (κ2) is 5.26. The topological polar surface area (TPSA) is 38.9 Å². The van der Waals surface area contributed by atoms with Crippen molar-refractivity contribution in [1.82, 2.24) is 4.98 Å². The molecule has 0 aromatic carbocycles. The van der Waals surface area contributed by atoms with Crippen molar-refractivity contribution in [1.29, 1.82) is 0 Å². The minimum Gasteiger partial charge on any atom is -0.327 e. The number of allylic oxidation sites excluding steroid dienone is 1. The first-order valence-electron chi connectivity index (χ1n) is 6.15. The van der Waals surface area contributed by atoms with Gasteiger partial charge in [0.15, 0.2) is 0 Å². The molecular formula is C14H20N2. The van der Waals surface area contributed by atoms with Gasteiger partial charge in [0.1, 0.15) is 0 Å². The molecule has 0 saturated heterocycles. The average Bonchev–Trinajstić information content (AvgIpc) is 2.33. The summed E-state index contributed by atoms with van der Waals surface area (Å²) < 4.78 is 0. The van der Waals surface area contributed by atoms with Crippen LogP contribution in [0.15, 0.2) is 30.0 Å². The van der Waals surface area contributed by atoms with E-state index in [4.69, 9.17) is 5.73 Å². The van der Waals surface area contributed by atoms with Crippen molar-refractivity contribution in [3.8, 4) is 0 Å². The molecule has 0 saturated carbocycles. The van der Waals surface area contributed by atoms with Gasteiger partial charge in [-0.3, -0.25) is 4.98 Å². The summed E-state index contributed by atoms with van der Waals surface area (Å²) in [6.07, 6.45) is 9.63. The Morgan fingerprint density at radius 2 is 2.31 bits per heavy atom. The smallest absolute Gasteiger partial charge is 0.0444 e. The first-order valence-corrected chi connectivity index (χ1v) is 6.15. The van der Waals surface area contributed by atoms with Crippen LogP contribution in [0.4, 0.5) is 0 Å². The monoisotopic (exact) mass is 216 g/mol. The quantitative estimate of drug-likeness (QED) is 0.789. The van der Waals surface area contributed by atoms with Crippen LogP contribution >= 0.6 is 0 Å². The Kier molecular flexibility index (Phi) is 3.73. The van der Waals surface area contributed by atoms with Gasteiger partial charge in [0.2, 0.25) is 0 Å². The maximum Gasteiger partial charge on any atom is 0.0444 e. The SMILES string of the molecule is CCc1ccc(CC2=CCC(N)CC2)nc1. The van der Waals surface area contributed by atoms with Crippen LogP contribution in [0.1, 0.15) is 37.4 Å². The lowest BCUT2D eigenvalue weighted by molar-refractivity contribution is 0.582. The van der Waals surface area contributed by atoms with Crippen molar-refractivity contribution in [2.75, 3.05) is 0 Å². The van der Waals surface area contributed by atoms with Gasteiger partial charge in [0.05, 0.1) is 0 Å². The molecule has 2 heteroatoms. The number of rotatable bonds is 3. The standard InChI is InChI=1S/C14H20N2/c1-2-11-5-8-14(16-10-11)9-12-3-6-13(15)7-4-12/h3,5,8,10,13H,2,4,6-7,9,15H2,1H3. The summed E-state index contributed by atoms with van der Waals surface area (Å²) in [7, 11) is 0.